The van der Waals surface area contributed by atoms with E-state index in [0.29, 0.717) is 5.69 Å². The lowest BCUT2D eigenvalue weighted by Crippen LogP contribution is -2.24. The molecule has 0 saturated heterocycles. The zero-order valence-electron chi connectivity index (χ0n) is 6.56. The first-order chi connectivity index (χ1) is 5.70. The Kier molecular flexibility index (Phi) is 2.71. The zero-order chi connectivity index (χ0) is 8.97. The second-order valence-corrected chi connectivity index (χ2v) is 2.29. The number of aliphatic hydroxyl groups is 1. The van der Waals surface area contributed by atoms with Crippen molar-refractivity contribution >= 4 is 11.6 Å². The Morgan fingerprint density at radius 1 is 1.58 bits per heavy atom. The molecule has 0 radical (unpaired) electrons. The highest BCUT2D eigenvalue weighted by Crippen LogP contribution is 2.00. The van der Waals surface area contributed by atoms with Gasteiger partial charge < -0.3 is 10.4 Å². The van der Waals surface area contributed by atoms with Gasteiger partial charge in [-0.3, -0.25) is 4.79 Å². The smallest absolute Gasteiger partial charge is 0.253 e. The summed E-state index contributed by atoms with van der Waals surface area (Å²) in [5, 5.41) is 11.3. The maximum Gasteiger partial charge on any atom is 0.253 e. The van der Waals surface area contributed by atoms with E-state index in [1.807, 2.05) is 0 Å². The van der Waals surface area contributed by atoms with E-state index in [1.165, 1.54) is 25.6 Å². The van der Waals surface area contributed by atoms with E-state index in [0.717, 1.165) is 0 Å². The number of hydrogen-bond acceptors (Lipinski definition) is 4. The average Bonchev–Trinajstić information content (AvgIpc) is 2.06. The van der Waals surface area contributed by atoms with Crippen LogP contribution in [0.5, 0.6) is 0 Å². The highest BCUT2D eigenvalue weighted by Gasteiger charge is 2.07. The second kappa shape index (κ2) is 3.77. The summed E-state index contributed by atoms with van der Waals surface area (Å²) in [5.74, 6) is -0.468. The van der Waals surface area contributed by atoms with Crippen LogP contribution < -0.4 is 5.32 Å². The highest BCUT2D eigenvalue weighted by molar-refractivity contribution is 5.93. The fourth-order valence-electron chi connectivity index (χ4n) is 0.610. The van der Waals surface area contributed by atoms with Gasteiger partial charge in [-0.05, 0) is 6.92 Å². The van der Waals surface area contributed by atoms with Gasteiger partial charge in [-0.25, -0.2) is 9.97 Å². The van der Waals surface area contributed by atoms with Crippen LogP contribution in [-0.4, -0.2) is 27.1 Å². The van der Waals surface area contributed by atoms with Gasteiger partial charge >= 0.3 is 0 Å². The van der Waals surface area contributed by atoms with Crippen LogP contribution in [0.15, 0.2) is 18.7 Å². The first kappa shape index (κ1) is 8.61. The van der Waals surface area contributed by atoms with Gasteiger partial charge in [0.25, 0.3) is 5.91 Å². The molecule has 5 heteroatoms. The number of hydrogen-bond donors (Lipinski definition) is 2. The first-order valence-corrected chi connectivity index (χ1v) is 3.44. The van der Waals surface area contributed by atoms with Gasteiger partial charge in [0.05, 0.1) is 18.1 Å². The number of nitrogens with one attached hydrogen (secondary N) is 1. The van der Waals surface area contributed by atoms with Gasteiger partial charge in [-0.1, -0.05) is 0 Å². The van der Waals surface area contributed by atoms with Crippen molar-refractivity contribution in [2.75, 3.05) is 5.32 Å². The Balaban J connectivity index is 2.59. The number of anilines is 1. The lowest BCUT2D eigenvalue weighted by Gasteiger charge is -2.04. The van der Waals surface area contributed by atoms with Gasteiger partial charge in [0.15, 0.2) is 0 Å². The molecule has 0 unspecified atom stereocenters. The molecule has 1 aromatic heterocycles. The number of aliphatic hydroxyl groups excluding tert-OH is 1. The molecule has 0 aliphatic carbocycles. The number of amides is 1. The maximum absolute atomic E-state index is 10.9. The summed E-state index contributed by atoms with van der Waals surface area (Å²) in [7, 11) is 0. The summed E-state index contributed by atoms with van der Waals surface area (Å²) in [4.78, 5) is 18.3. The van der Waals surface area contributed by atoms with E-state index in [1.54, 1.807) is 0 Å². The summed E-state index contributed by atoms with van der Waals surface area (Å²) < 4.78 is 0. The van der Waals surface area contributed by atoms with Crippen molar-refractivity contribution in [1.29, 1.82) is 0 Å². The van der Waals surface area contributed by atoms with E-state index in [4.69, 9.17) is 5.11 Å². The Hall–Kier alpha value is -1.49. The maximum atomic E-state index is 10.9. The molecule has 0 saturated carbocycles. The van der Waals surface area contributed by atoms with Crippen LogP contribution >= 0.6 is 0 Å². The molecule has 1 aromatic rings. The van der Waals surface area contributed by atoms with Crippen molar-refractivity contribution in [3.05, 3.63) is 18.7 Å². The largest absolute Gasteiger partial charge is 0.384 e. The van der Waals surface area contributed by atoms with Crippen molar-refractivity contribution in [3.63, 3.8) is 0 Å². The van der Waals surface area contributed by atoms with Gasteiger partial charge in [-0.2, -0.15) is 0 Å². The van der Waals surface area contributed by atoms with Gasteiger partial charge in [-0.15, -0.1) is 0 Å². The third kappa shape index (κ3) is 2.28. The highest BCUT2D eigenvalue weighted by atomic mass is 16.3. The van der Waals surface area contributed by atoms with Crippen LogP contribution in [0.4, 0.5) is 5.69 Å². The van der Waals surface area contributed by atoms with Crippen molar-refractivity contribution in [2.45, 2.75) is 13.0 Å². The Morgan fingerprint density at radius 3 is 2.67 bits per heavy atom. The molecule has 5 nitrogen and oxygen atoms in total. The Morgan fingerprint density at radius 2 is 2.17 bits per heavy atom. The summed E-state index contributed by atoms with van der Waals surface area (Å²) in [6.07, 6.45) is 3.24. The molecule has 1 heterocycles. The Labute approximate surface area is 69.5 Å². The quantitative estimate of drug-likeness (QED) is 0.639. The number of rotatable bonds is 2. The van der Waals surface area contributed by atoms with Crippen LogP contribution in [0.1, 0.15) is 6.92 Å². The van der Waals surface area contributed by atoms with Crippen molar-refractivity contribution in [2.24, 2.45) is 0 Å². The SMILES string of the molecule is C[C@@H](O)C(=O)Nc1cncnc1. The molecular formula is C7H9N3O2. The molecule has 1 amide bonds. The first-order valence-electron chi connectivity index (χ1n) is 3.44. The van der Waals surface area contributed by atoms with Gasteiger partial charge in [0.2, 0.25) is 0 Å². The minimum Gasteiger partial charge on any atom is -0.384 e. The molecule has 0 bridgehead atoms. The number of carbonyl (C=O) groups is 1. The molecule has 1 rings (SSSR count). The van der Waals surface area contributed by atoms with E-state index < -0.39 is 12.0 Å². The van der Waals surface area contributed by atoms with Crippen LogP contribution in [-0.2, 0) is 4.79 Å². The number of nitrogens with zero attached hydrogens (tertiary/aromatic N) is 2. The van der Waals surface area contributed by atoms with E-state index in [2.05, 4.69) is 15.3 Å². The summed E-state index contributed by atoms with van der Waals surface area (Å²) in [6.45, 7) is 1.39. The zero-order valence-corrected chi connectivity index (χ0v) is 6.56. The van der Waals surface area contributed by atoms with Crippen molar-refractivity contribution in [3.8, 4) is 0 Å². The number of aromatic nitrogens is 2. The lowest BCUT2D eigenvalue weighted by atomic mass is 10.4. The fourth-order valence-corrected chi connectivity index (χ4v) is 0.610. The molecule has 0 aliphatic heterocycles. The fraction of sp³-hybridized carbons (Fsp3) is 0.286. The predicted molar refractivity (Wildman–Crippen MR) is 42.3 cm³/mol. The molecule has 0 spiro atoms. The molecule has 64 valence electrons. The standard InChI is InChI=1S/C7H9N3O2/c1-5(11)7(12)10-6-2-8-4-9-3-6/h2-5,11H,1H3,(H,10,12)/t5-/m1/s1. The van der Waals surface area contributed by atoms with Crippen LogP contribution in [0.2, 0.25) is 0 Å². The van der Waals surface area contributed by atoms with E-state index >= 15 is 0 Å². The third-order valence-corrected chi connectivity index (χ3v) is 1.21. The topological polar surface area (TPSA) is 75.1 Å². The molecule has 0 aromatic carbocycles. The predicted octanol–water partition coefficient (Wildman–Crippen LogP) is -0.204. The molecule has 12 heavy (non-hydrogen) atoms. The van der Waals surface area contributed by atoms with E-state index in [9.17, 15) is 4.79 Å². The second-order valence-electron chi connectivity index (χ2n) is 2.29. The molecule has 0 fully saturated rings. The van der Waals surface area contributed by atoms with Crippen molar-refractivity contribution in [1.82, 2.24) is 9.97 Å². The summed E-state index contributed by atoms with van der Waals surface area (Å²) in [6, 6.07) is 0. The molecule has 2 N–H and O–H groups in total. The van der Waals surface area contributed by atoms with Crippen LogP contribution in [0.3, 0.4) is 0 Å². The number of carbonyl (C=O) groups excluding carboxylic acids is 1. The monoisotopic (exact) mass is 167 g/mol. The normalized spacial score (nSPS) is 12.2. The molecular weight excluding hydrogens is 158 g/mol. The van der Waals surface area contributed by atoms with Gasteiger partial charge in [0.1, 0.15) is 12.4 Å². The minimum atomic E-state index is -1.02. The van der Waals surface area contributed by atoms with E-state index in [-0.39, 0.29) is 0 Å². The minimum absolute atomic E-state index is 0.468. The lowest BCUT2D eigenvalue weighted by molar-refractivity contribution is -0.123. The summed E-state index contributed by atoms with van der Waals surface area (Å²) in [5.41, 5.74) is 0.475. The van der Waals surface area contributed by atoms with Crippen LogP contribution in [0.25, 0.3) is 0 Å². The van der Waals surface area contributed by atoms with Crippen molar-refractivity contribution < 1.29 is 9.90 Å². The Bertz CT molecular complexity index is 261. The molecule has 0 aliphatic rings. The van der Waals surface area contributed by atoms with Gasteiger partial charge in [0, 0.05) is 0 Å². The molecule has 1 atom stereocenters. The average molecular weight is 167 g/mol. The summed E-state index contributed by atoms with van der Waals surface area (Å²) >= 11 is 0. The van der Waals surface area contributed by atoms with Crippen LogP contribution in [0, 0.1) is 0 Å². The third-order valence-electron chi connectivity index (χ3n) is 1.21.